The van der Waals surface area contributed by atoms with Gasteiger partial charge in [-0.2, -0.15) is 0 Å². The maximum absolute atomic E-state index is 12.3. The number of aromatic nitrogens is 1. The zero-order valence-electron chi connectivity index (χ0n) is 17.3. The van der Waals surface area contributed by atoms with Gasteiger partial charge in [0.15, 0.2) is 11.3 Å². The fourth-order valence-corrected chi connectivity index (χ4v) is 3.62. The average molecular weight is 481 g/mol. The number of carboxylic acid groups (broad SMARTS) is 1. The number of ether oxygens (including phenoxy) is 2. The summed E-state index contributed by atoms with van der Waals surface area (Å²) < 4.78 is 16.8. The van der Waals surface area contributed by atoms with E-state index in [4.69, 9.17) is 42.2 Å². The molecule has 32 heavy (non-hydrogen) atoms. The van der Waals surface area contributed by atoms with Gasteiger partial charge in [-0.25, -0.2) is 4.79 Å². The Kier molecular flexibility index (Phi) is 8.19. The summed E-state index contributed by atoms with van der Waals surface area (Å²) >= 11 is 12.4. The van der Waals surface area contributed by atoms with E-state index >= 15 is 0 Å². The molecule has 0 amide bonds. The van der Waals surface area contributed by atoms with Crippen molar-refractivity contribution in [1.29, 1.82) is 0 Å². The number of hydrogen-bond acceptors (Lipinski definition) is 7. The Labute approximate surface area is 194 Å². The van der Waals surface area contributed by atoms with Crippen LogP contribution in [0.25, 0.3) is 11.0 Å². The molecule has 10 heteroatoms. The van der Waals surface area contributed by atoms with Gasteiger partial charge in [0.05, 0.1) is 35.1 Å². The summed E-state index contributed by atoms with van der Waals surface area (Å²) in [6.45, 7) is 0.353. The Bertz CT molecular complexity index is 1140. The SMILES string of the molecule is COc1ccc2c(Nc3c(Cl)cncc3Cl)cc(=O)oc2c1OCCCCCCC(=O)O. The predicted octanol–water partition coefficient (Wildman–Crippen LogP) is 5.66. The number of halogens is 2. The van der Waals surface area contributed by atoms with Crippen molar-refractivity contribution in [3.63, 3.8) is 0 Å². The maximum Gasteiger partial charge on any atom is 0.338 e. The summed E-state index contributed by atoms with van der Waals surface area (Å²) in [4.78, 5) is 26.8. The highest BCUT2D eigenvalue weighted by atomic mass is 35.5. The second-order valence-electron chi connectivity index (χ2n) is 6.96. The lowest BCUT2D eigenvalue weighted by Gasteiger charge is -2.15. The van der Waals surface area contributed by atoms with Crippen molar-refractivity contribution < 1.29 is 23.8 Å². The number of rotatable bonds is 11. The van der Waals surface area contributed by atoms with E-state index in [1.807, 2.05) is 0 Å². The van der Waals surface area contributed by atoms with Gasteiger partial charge in [0.1, 0.15) is 0 Å². The first-order chi connectivity index (χ1) is 15.4. The number of benzene rings is 1. The molecular weight excluding hydrogens is 459 g/mol. The quantitative estimate of drug-likeness (QED) is 0.267. The summed E-state index contributed by atoms with van der Waals surface area (Å²) in [7, 11) is 1.50. The molecule has 2 heterocycles. The lowest BCUT2D eigenvalue weighted by molar-refractivity contribution is -0.137. The van der Waals surface area contributed by atoms with Crippen molar-refractivity contribution >= 4 is 51.5 Å². The topological polar surface area (TPSA) is 111 Å². The summed E-state index contributed by atoms with van der Waals surface area (Å²) in [5.41, 5.74) is 0.488. The molecule has 2 aromatic heterocycles. The van der Waals surface area contributed by atoms with Crippen LogP contribution in [0.4, 0.5) is 11.4 Å². The second-order valence-corrected chi connectivity index (χ2v) is 7.78. The fourth-order valence-electron chi connectivity index (χ4n) is 3.16. The van der Waals surface area contributed by atoms with Gasteiger partial charge in [-0.05, 0) is 25.0 Å². The van der Waals surface area contributed by atoms with Gasteiger partial charge in [0, 0.05) is 30.3 Å². The van der Waals surface area contributed by atoms with E-state index < -0.39 is 11.6 Å². The molecule has 1 aromatic carbocycles. The van der Waals surface area contributed by atoms with E-state index in [9.17, 15) is 9.59 Å². The number of nitrogens with zero attached hydrogens (tertiary/aromatic N) is 1. The molecule has 0 saturated heterocycles. The molecular formula is C22H22Cl2N2O6. The molecule has 0 atom stereocenters. The van der Waals surface area contributed by atoms with E-state index in [0.717, 1.165) is 12.8 Å². The highest BCUT2D eigenvalue weighted by molar-refractivity contribution is 6.39. The molecule has 3 rings (SSSR count). The van der Waals surface area contributed by atoms with Crippen LogP contribution in [0.15, 0.2) is 39.8 Å². The minimum Gasteiger partial charge on any atom is -0.493 e. The Morgan fingerprint density at radius 3 is 2.56 bits per heavy atom. The largest absolute Gasteiger partial charge is 0.493 e. The molecule has 0 aliphatic heterocycles. The van der Waals surface area contributed by atoms with Crippen LogP contribution in [0.1, 0.15) is 32.1 Å². The van der Waals surface area contributed by atoms with Gasteiger partial charge in [0.2, 0.25) is 5.75 Å². The van der Waals surface area contributed by atoms with Crippen LogP contribution in [-0.4, -0.2) is 29.8 Å². The third kappa shape index (κ3) is 5.83. The van der Waals surface area contributed by atoms with Crippen LogP contribution >= 0.6 is 23.2 Å². The molecule has 0 fully saturated rings. The summed E-state index contributed by atoms with van der Waals surface area (Å²) in [6.07, 6.45) is 5.98. The number of pyridine rings is 1. The van der Waals surface area contributed by atoms with E-state index in [1.165, 1.54) is 25.6 Å². The number of methoxy groups -OCH3 is 1. The predicted molar refractivity (Wildman–Crippen MR) is 123 cm³/mol. The van der Waals surface area contributed by atoms with Crippen molar-refractivity contribution in [2.45, 2.75) is 32.1 Å². The smallest absolute Gasteiger partial charge is 0.338 e. The molecule has 170 valence electrons. The number of anilines is 2. The van der Waals surface area contributed by atoms with Crippen molar-refractivity contribution in [2.24, 2.45) is 0 Å². The number of aliphatic carboxylic acids is 1. The van der Waals surface area contributed by atoms with Gasteiger partial charge in [-0.15, -0.1) is 0 Å². The number of nitrogens with one attached hydrogen (secondary N) is 1. The fraction of sp³-hybridized carbons (Fsp3) is 0.318. The minimum atomic E-state index is -0.796. The standard InChI is InChI=1S/C22H22Cl2N2O6/c1-30-17-8-7-13-16(26-20-14(23)11-25-12-15(20)24)10-19(29)32-21(13)22(17)31-9-5-3-2-4-6-18(27)28/h7-8,10-12H,2-6,9H2,1H3,(H,25,26)(H,27,28). The van der Waals surface area contributed by atoms with Crippen molar-refractivity contribution in [1.82, 2.24) is 4.98 Å². The first kappa shape index (κ1) is 23.7. The Morgan fingerprint density at radius 2 is 1.88 bits per heavy atom. The maximum atomic E-state index is 12.3. The minimum absolute atomic E-state index is 0.157. The zero-order valence-corrected chi connectivity index (χ0v) is 18.8. The summed E-state index contributed by atoms with van der Waals surface area (Å²) in [5, 5.41) is 12.9. The molecule has 2 N–H and O–H groups in total. The molecule has 0 aliphatic rings. The molecule has 0 bridgehead atoms. The van der Waals surface area contributed by atoms with E-state index in [-0.39, 0.29) is 12.0 Å². The summed E-state index contributed by atoms with van der Waals surface area (Å²) in [6, 6.07) is 4.75. The number of unbranched alkanes of at least 4 members (excludes halogenated alkanes) is 3. The molecule has 0 unspecified atom stereocenters. The third-order valence-corrected chi connectivity index (χ3v) is 5.27. The number of fused-ring (bicyclic) bond motifs is 1. The Balaban J connectivity index is 1.85. The van der Waals surface area contributed by atoms with Crippen LogP contribution in [-0.2, 0) is 4.79 Å². The number of hydrogen-bond donors (Lipinski definition) is 2. The molecule has 0 spiro atoms. The van der Waals surface area contributed by atoms with Crippen LogP contribution in [0.3, 0.4) is 0 Å². The number of carboxylic acids is 1. The molecule has 0 saturated carbocycles. The van der Waals surface area contributed by atoms with E-state index in [2.05, 4.69) is 10.3 Å². The zero-order chi connectivity index (χ0) is 23.1. The first-order valence-electron chi connectivity index (χ1n) is 9.96. The number of carbonyl (C=O) groups is 1. The van der Waals surface area contributed by atoms with Gasteiger partial charge in [-0.3, -0.25) is 9.78 Å². The lowest BCUT2D eigenvalue weighted by Crippen LogP contribution is -2.05. The second kappa shape index (κ2) is 11.1. The highest BCUT2D eigenvalue weighted by Gasteiger charge is 2.17. The Morgan fingerprint density at radius 1 is 1.16 bits per heavy atom. The monoisotopic (exact) mass is 480 g/mol. The van der Waals surface area contributed by atoms with Crippen molar-refractivity contribution in [3.05, 3.63) is 51.1 Å². The molecule has 0 radical (unpaired) electrons. The lowest BCUT2D eigenvalue weighted by atomic mass is 10.1. The molecule has 0 aliphatic carbocycles. The van der Waals surface area contributed by atoms with Crippen LogP contribution in [0, 0.1) is 0 Å². The van der Waals surface area contributed by atoms with Gasteiger partial charge >= 0.3 is 11.6 Å². The van der Waals surface area contributed by atoms with Crippen molar-refractivity contribution in [2.75, 3.05) is 19.0 Å². The Hall–Kier alpha value is -2.97. The van der Waals surface area contributed by atoms with Crippen LogP contribution in [0.5, 0.6) is 11.5 Å². The van der Waals surface area contributed by atoms with E-state index in [1.54, 1.807) is 12.1 Å². The molecule has 8 nitrogen and oxygen atoms in total. The third-order valence-electron chi connectivity index (χ3n) is 4.70. The van der Waals surface area contributed by atoms with E-state index in [0.29, 0.717) is 57.8 Å². The van der Waals surface area contributed by atoms with Crippen LogP contribution in [0.2, 0.25) is 10.0 Å². The van der Waals surface area contributed by atoms with Gasteiger partial charge in [-0.1, -0.05) is 36.0 Å². The van der Waals surface area contributed by atoms with Gasteiger partial charge in [0.25, 0.3) is 0 Å². The summed E-state index contributed by atoms with van der Waals surface area (Å²) in [5.74, 6) is -0.0672. The normalized spacial score (nSPS) is 10.8. The van der Waals surface area contributed by atoms with Crippen LogP contribution < -0.4 is 20.4 Å². The molecule has 3 aromatic rings. The highest BCUT2D eigenvalue weighted by Crippen LogP contribution is 2.40. The average Bonchev–Trinajstić information content (AvgIpc) is 2.75. The van der Waals surface area contributed by atoms with Crippen molar-refractivity contribution in [3.8, 4) is 11.5 Å². The van der Waals surface area contributed by atoms with Gasteiger partial charge < -0.3 is 24.3 Å². The first-order valence-corrected chi connectivity index (χ1v) is 10.7.